The number of aryl methyl sites for hydroxylation is 1. The molecular weight excluding hydrogens is 351 g/mol. The lowest BCUT2D eigenvalue weighted by Crippen LogP contribution is -2.33. The van der Waals surface area contributed by atoms with Gasteiger partial charge in [-0.3, -0.25) is 0 Å². The molecule has 1 aromatic heterocycles. The Bertz CT molecular complexity index is 675. The molecule has 96 valence electrons. The molecule has 1 aromatic carbocycles. The lowest BCUT2D eigenvalue weighted by atomic mass is 9.91. The number of allylic oxidation sites excluding steroid dienone is 1. The van der Waals surface area contributed by atoms with Gasteiger partial charge in [-0.25, -0.2) is 0 Å². The van der Waals surface area contributed by atoms with Gasteiger partial charge in [0, 0.05) is 16.9 Å². The Morgan fingerprint density at radius 1 is 1.16 bits per heavy atom. The van der Waals surface area contributed by atoms with Gasteiger partial charge in [0.15, 0.2) is 9.93 Å². The van der Waals surface area contributed by atoms with Crippen LogP contribution in [-0.4, -0.2) is 0 Å². The summed E-state index contributed by atoms with van der Waals surface area (Å²) in [6, 6.07) is 10.5. The summed E-state index contributed by atoms with van der Waals surface area (Å²) in [6.45, 7) is 0. The summed E-state index contributed by atoms with van der Waals surface area (Å²) < 4.78 is 6.62. The highest BCUT2D eigenvalue weighted by Crippen LogP contribution is 2.38. The normalized spacial score (nSPS) is 20.1. The molecule has 2 aliphatic rings. The summed E-state index contributed by atoms with van der Waals surface area (Å²) in [6.07, 6.45) is 4.52. The van der Waals surface area contributed by atoms with Crippen molar-refractivity contribution in [2.45, 2.75) is 19.0 Å². The minimum atomic E-state index is 0.00983. The number of rotatable bonds is 1. The molecule has 0 radical (unpaired) electrons. The number of benzene rings is 1. The van der Waals surface area contributed by atoms with Crippen LogP contribution < -0.4 is 10.6 Å². The van der Waals surface area contributed by atoms with Gasteiger partial charge in [0.2, 0.25) is 0 Å². The minimum absolute atomic E-state index is 0.00983. The van der Waals surface area contributed by atoms with E-state index in [1.54, 1.807) is 0 Å². The molecule has 1 aliphatic carbocycles. The van der Waals surface area contributed by atoms with E-state index in [9.17, 15) is 0 Å². The van der Waals surface area contributed by atoms with E-state index in [-0.39, 0.29) is 6.17 Å². The molecule has 1 unspecified atom stereocenters. The van der Waals surface area contributed by atoms with Crippen LogP contribution >= 0.6 is 22.6 Å². The Morgan fingerprint density at radius 2 is 2.11 bits per heavy atom. The van der Waals surface area contributed by atoms with Crippen molar-refractivity contribution in [3.05, 3.63) is 57.1 Å². The average Bonchev–Trinajstić information content (AvgIpc) is 2.86. The highest BCUT2D eigenvalue weighted by atomic mass is 127. The summed E-state index contributed by atoms with van der Waals surface area (Å²) in [7, 11) is 0. The zero-order chi connectivity index (χ0) is 12.8. The van der Waals surface area contributed by atoms with Crippen LogP contribution in [0.5, 0.6) is 0 Å². The predicted molar refractivity (Wildman–Crippen MR) is 83.7 cm³/mol. The van der Waals surface area contributed by atoms with Gasteiger partial charge in [-0.05, 0) is 59.2 Å². The van der Waals surface area contributed by atoms with Gasteiger partial charge in [0.1, 0.15) is 5.76 Å². The Labute approximate surface area is 125 Å². The molecule has 0 amide bonds. The third-order valence-electron chi connectivity index (χ3n) is 3.66. The molecule has 0 fully saturated rings. The first-order chi connectivity index (χ1) is 9.31. The summed E-state index contributed by atoms with van der Waals surface area (Å²) >= 11 is 2.19. The maximum Gasteiger partial charge on any atom is 0.164 e. The lowest BCUT2D eigenvalue weighted by Gasteiger charge is -2.33. The Hall–Kier alpha value is -1.43. The standard InChI is InChI=1S/C15H13IN2O/c16-13-8-7-12(19-13)15-17-10-5-1-3-9-4-2-6-11(18-15)14(9)10/h1,3,5-8,15,17-18H,2,4H2. The molecular formula is C15H13IN2O. The third-order valence-corrected chi connectivity index (χ3v) is 4.24. The van der Waals surface area contributed by atoms with Crippen molar-refractivity contribution in [1.82, 2.24) is 5.32 Å². The SMILES string of the molecule is Ic1ccc(C2NC3=CCCc4cccc(c43)N2)o1. The van der Waals surface area contributed by atoms with E-state index in [4.69, 9.17) is 4.42 Å². The molecule has 2 aromatic rings. The largest absolute Gasteiger partial charge is 0.451 e. The molecule has 1 aliphatic heterocycles. The van der Waals surface area contributed by atoms with Crippen LogP contribution in [-0.2, 0) is 6.42 Å². The monoisotopic (exact) mass is 364 g/mol. The van der Waals surface area contributed by atoms with E-state index in [0.29, 0.717) is 0 Å². The number of hydrogen-bond donors (Lipinski definition) is 2. The van der Waals surface area contributed by atoms with Gasteiger partial charge in [-0.1, -0.05) is 18.2 Å². The van der Waals surface area contributed by atoms with Gasteiger partial charge in [0.25, 0.3) is 0 Å². The van der Waals surface area contributed by atoms with Crippen LogP contribution in [0.1, 0.15) is 29.5 Å². The lowest BCUT2D eigenvalue weighted by molar-refractivity contribution is 0.444. The topological polar surface area (TPSA) is 37.2 Å². The van der Waals surface area contributed by atoms with Crippen molar-refractivity contribution in [2.75, 3.05) is 5.32 Å². The van der Waals surface area contributed by atoms with Crippen molar-refractivity contribution in [3.63, 3.8) is 0 Å². The van der Waals surface area contributed by atoms with Gasteiger partial charge >= 0.3 is 0 Å². The first-order valence-corrected chi connectivity index (χ1v) is 7.50. The van der Waals surface area contributed by atoms with E-state index in [1.165, 1.54) is 22.5 Å². The Morgan fingerprint density at radius 3 is 2.95 bits per heavy atom. The summed E-state index contributed by atoms with van der Waals surface area (Å²) in [5.74, 6) is 0.923. The number of halogens is 1. The number of nitrogens with one attached hydrogen (secondary N) is 2. The number of hydrogen-bond acceptors (Lipinski definition) is 3. The van der Waals surface area contributed by atoms with Crippen molar-refractivity contribution in [1.29, 1.82) is 0 Å². The van der Waals surface area contributed by atoms with Gasteiger partial charge in [-0.15, -0.1) is 0 Å². The molecule has 1 atom stereocenters. The molecule has 0 saturated carbocycles. The molecule has 2 heterocycles. The first kappa shape index (κ1) is 11.4. The fourth-order valence-corrected chi connectivity index (χ4v) is 3.26. The predicted octanol–water partition coefficient (Wildman–Crippen LogP) is 3.89. The van der Waals surface area contributed by atoms with Gasteiger partial charge in [-0.2, -0.15) is 0 Å². The summed E-state index contributed by atoms with van der Waals surface area (Å²) in [5, 5.41) is 7.05. The molecule has 0 saturated heterocycles. The van der Waals surface area contributed by atoms with E-state index < -0.39 is 0 Å². The van der Waals surface area contributed by atoms with Crippen molar-refractivity contribution in [2.24, 2.45) is 0 Å². The summed E-state index contributed by atoms with van der Waals surface area (Å²) in [4.78, 5) is 0. The van der Waals surface area contributed by atoms with Crippen LogP contribution in [0.3, 0.4) is 0 Å². The Kier molecular flexibility index (Phi) is 2.58. The van der Waals surface area contributed by atoms with Crippen LogP contribution in [0.2, 0.25) is 0 Å². The van der Waals surface area contributed by atoms with Crippen LogP contribution in [0.25, 0.3) is 5.70 Å². The van der Waals surface area contributed by atoms with Crippen molar-refractivity contribution >= 4 is 34.0 Å². The molecule has 2 N–H and O–H groups in total. The maximum atomic E-state index is 5.71. The Balaban J connectivity index is 1.79. The molecule has 0 spiro atoms. The van der Waals surface area contributed by atoms with E-state index in [1.807, 2.05) is 12.1 Å². The highest BCUT2D eigenvalue weighted by molar-refractivity contribution is 14.1. The third kappa shape index (κ3) is 1.85. The van der Waals surface area contributed by atoms with Crippen molar-refractivity contribution < 1.29 is 4.42 Å². The minimum Gasteiger partial charge on any atom is -0.451 e. The zero-order valence-corrected chi connectivity index (χ0v) is 12.4. The van der Waals surface area contributed by atoms with Crippen LogP contribution in [0.15, 0.2) is 40.8 Å². The molecule has 19 heavy (non-hydrogen) atoms. The van der Waals surface area contributed by atoms with Gasteiger partial charge < -0.3 is 15.1 Å². The molecule has 3 nitrogen and oxygen atoms in total. The maximum absolute atomic E-state index is 5.71. The molecule has 4 heteroatoms. The first-order valence-electron chi connectivity index (χ1n) is 6.42. The fourth-order valence-electron chi connectivity index (χ4n) is 2.82. The van der Waals surface area contributed by atoms with Gasteiger partial charge in [0.05, 0.1) is 0 Å². The smallest absolute Gasteiger partial charge is 0.164 e. The average molecular weight is 364 g/mol. The summed E-state index contributed by atoms with van der Waals surface area (Å²) in [5.41, 5.74) is 5.17. The number of anilines is 1. The quantitative estimate of drug-likeness (QED) is 0.754. The van der Waals surface area contributed by atoms with Crippen molar-refractivity contribution in [3.8, 4) is 0 Å². The molecule has 0 bridgehead atoms. The highest BCUT2D eigenvalue weighted by Gasteiger charge is 2.27. The number of furan rings is 1. The van der Waals surface area contributed by atoms with E-state index in [2.05, 4.69) is 57.5 Å². The van der Waals surface area contributed by atoms with Crippen LogP contribution in [0, 0.1) is 3.77 Å². The van der Waals surface area contributed by atoms with E-state index in [0.717, 1.165) is 22.4 Å². The fraction of sp³-hybridized carbons (Fsp3) is 0.200. The van der Waals surface area contributed by atoms with Crippen LogP contribution in [0.4, 0.5) is 5.69 Å². The van der Waals surface area contributed by atoms with E-state index >= 15 is 0 Å². The second-order valence-corrected chi connectivity index (χ2v) is 5.92. The molecule has 4 rings (SSSR count). The zero-order valence-electron chi connectivity index (χ0n) is 10.2. The second-order valence-electron chi connectivity index (χ2n) is 4.86. The second kappa shape index (κ2) is 4.30.